The normalized spacial score (nSPS) is 9.64. The Morgan fingerprint density at radius 1 is 1.32 bits per heavy atom. The van der Waals surface area contributed by atoms with Crippen molar-refractivity contribution in [2.45, 2.75) is 0 Å². The number of carbonyl (C=O) groups excluding carboxylic acids is 2. The molecule has 0 aliphatic rings. The van der Waals surface area contributed by atoms with Crippen molar-refractivity contribution < 1.29 is 14.3 Å². The van der Waals surface area contributed by atoms with Crippen LogP contribution in [0, 0.1) is 11.3 Å². The Labute approximate surface area is 135 Å². The monoisotopic (exact) mass is 358 g/mol. The molecule has 5 nitrogen and oxygen atoms in total. The van der Waals surface area contributed by atoms with Crippen LogP contribution in [0.3, 0.4) is 0 Å². The second-order valence-electron chi connectivity index (χ2n) is 4.33. The van der Waals surface area contributed by atoms with Crippen molar-refractivity contribution in [2.75, 3.05) is 11.9 Å². The molecule has 2 aromatic carbocycles. The highest BCUT2D eigenvalue weighted by atomic mass is 79.9. The number of nitrogens with zero attached hydrogens (tertiary/aromatic N) is 1. The number of halogens is 1. The zero-order valence-electron chi connectivity index (χ0n) is 11.4. The van der Waals surface area contributed by atoms with E-state index in [1.807, 2.05) is 6.07 Å². The Balaban J connectivity index is 1.98. The highest BCUT2D eigenvalue weighted by Crippen LogP contribution is 2.21. The first-order chi connectivity index (χ1) is 10.6. The van der Waals surface area contributed by atoms with Gasteiger partial charge in [-0.05, 0) is 36.4 Å². The Kier molecular flexibility index (Phi) is 5.28. The summed E-state index contributed by atoms with van der Waals surface area (Å²) in [6, 6.07) is 13.5. The number of hydrogen-bond donors (Lipinski definition) is 1. The van der Waals surface area contributed by atoms with E-state index in [9.17, 15) is 9.59 Å². The average molecular weight is 359 g/mol. The molecule has 0 unspecified atom stereocenters. The van der Waals surface area contributed by atoms with Gasteiger partial charge in [-0.25, -0.2) is 0 Å². The summed E-state index contributed by atoms with van der Waals surface area (Å²) in [7, 11) is 0. The molecule has 0 saturated heterocycles. The molecule has 0 saturated carbocycles. The van der Waals surface area contributed by atoms with Crippen LogP contribution < -0.4 is 10.1 Å². The lowest BCUT2D eigenvalue weighted by Crippen LogP contribution is -2.20. The largest absolute Gasteiger partial charge is 0.483 e. The third-order valence-corrected chi connectivity index (χ3v) is 3.23. The van der Waals surface area contributed by atoms with Gasteiger partial charge in [-0.3, -0.25) is 9.59 Å². The zero-order valence-corrected chi connectivity index (χ0v) is 13.0. The number of nitrogens with one attached hydrogen (secondary N) is 1. The zero-order chi connectivity index (χ0) is 15.9. The molecule has 2 aromatic rings. The lowest BCUT2D eigenvalue weighted by atomic mass is 10.2. The third kappa shape index (κ3) is 4.17. The molecule has 6 heteroatoms. The molecular weight excluding hydrogens is 348 g/mol. The Morgan fingerprint density at radius 2 is 2.14 bits per heavy atom. The van der Waals surface area contributed by atoms with E-state index in [4.69, 9.17) is 10.00 Å². The third-order valence-electron chi connectivity index (χ3n) is 2.73. The summed E-state index contributed by atoms with van der Waals surface area (Å²) in [5.41, 5.74) is 1.32. The van der Waals surface area contributed by atoms with E-state index >= 15 is 0 Å². The lowest BCUT2D eigenvalue weighted by Gasteiger charge is -2.09. The fourth-order valence-corrected chi connectivity index (χ4v) is 2.13. The smallest absolute Gasteiger partial charge is 0.262 e. The molecule has 0 radical (unpaired) electrons. The topological polar surface area (TPSA) is 79.2 Å². The molecule has 0 spiro atoms. The maximum atomic E-state index is 11.8. The van der Waals surface area contributed by atoms with Crippen LogP contribution in [0.15, 0.2) is 46.9 Å². The van der Waals surface area contributed by atoms with E-state index in [0.29, 0.717) is 28.8 Å². The number of ether oxygens (including phenoxy) is 1. The standard InChI is InChI=1S/C16H11BrN2O3/c17-13-4-5-15(12(7-13)9-20)22-10-16(21)19-14-3-1-2-11(6-14)8-18/h1-7,9H,10H2,(H,19,21). The summed E-state index contributed by atoms with van der Waals surface area (Å²) in [6.45, 7) is -0.237. The van der Waals surface area contributed by atoms with Gasteiger partial charge in [0.1, 0.15) is 5.75 Å². The van der Waals surface area contributed by atoms with Crippen LogP contribution in [-0.4, -0.2) is 18.8 Å². The molecule has 22 heavy (non-hydrogen) atoms. The van der Waals surface area contributed by atoms with E-state index in [1.54, 1.807) is 42.5 Å². The number of anilines is 1. The average Bonchev–Trinajstić information content (AvgIpc) is 2.53. The van der Waals surface area contributed by atoms with Crippen molar-refractivity contribution in [1.82, 2.24) is 0 Å². The van der Waals surface area contributed by atoms with Crippen LogP contribution in [0.25, 0.3) is 0 Å². The molecule has 0 heterocycles. The Morgan fingerprint density at radius 3 is 2.86 bits per heavy atom. The highest BCUT2D eigenvalue weighted by Gasteiger charge is 2.08. The summed E-state index contributed by atoms with van der Waals surface area (Å²) >= 11 is 3.25. The van der Waals surface area contributed by atoms with Crippen molar-refractivity contribution in [3.8, 4) is 11.8 Å². The van der Waals surface area contributed by atoms with Crippen LogP contribution in [0.2, 0.25) is 0 Å². The van der Waals surface area contributed by atoms with Gasteiger partial charge in [-0.1, -0.05) is 22.0 Å². The number of amides is 1. The van der Waals surface area contributed by atoms with Gasteiger partial charge in [0.25, 0.3) is 5.91 Å². The van der Waals surface area contributed by atoms with Crippen LogP contribution >= 0.6 is 15.9 Å². The molecule has 0 aliphatic heterocycles. The van der Waals surface area contributed by atoms with Gasteiger partial charge in [0, 0.05) is 10.2 Å². The molecular formula is C16H11BrN2O3. The Bertz CT molecular complexity index is 753. The van der Waals surface area contributed by atoms with E-state index in [1.165, 1.54) is 0 Å². The van der Waals surface area contributed by atoms with Crippen molar-refractivity contribution in [2.24, 2.45) is 0 Å². The van der Waals surface area contributed by atoms with E-state index in [2.05, 4.69) is 21.2 Å². The molecule has 0 aliphatic carbocycles. The van der Waals surface area contributed by atoms with Crippen LogP contribution in [-0.2, 0) is 4.79 Å². The van der Waals surface area contributed by atoms with Gasteiger partial charge in [0.05, 0.1) is 17.2 Å². The number of aldehydes is 1. The molecule has 0 atom stereocenters. The SMILES string of the molecule is N#Cc1cccc(NC(=O)COc2ccc(Br)cc2C=O)c1. The Hall–Kier alpha value is -2.65. The minimum absolute atomic E-state index is 0.237. The predicted octanol–water partition coefficient (Wildman–Crippen LogP) is 3.15. The summed E-state index contributed by atoms with van der Waals surface area (Å²) in [6.07, 6.45) is 0.661. The van der Waals surface area contributed by atoms with Crippen LogP contribution in [0.4, 0.5) is 5.69 Å². The van der Waals surface area contributed by atoms with Crippen molar-refractivity contribution in [3.05, 3.63) is 58.1 Å². The van der Waals surface area contributed by atoms with E-state index < -0.39 is 0 Å². The van der Waals surface area contributed by atoms with Gasteiger partial charge in [-0.15, -0.1) is 0 Å². The minimum Gasteiger partial charge on any atom is -0.483 e. The lowest BCUT2D eigenvalue weighted by molar-refractivity contribution is -0.118. The second kappa shape index (κ2) is 7.38. The number of carbonyl (C=O) groups is 2. The van der Waals surface area contributed by atoms with Crippen molar-refractivity contribution >= 4 is 33.8 Å². The predicted molar refractivity (Wildman–Crippen MR) is 84.8 cm³/mol. The first-order valence-corrected chi connectivity index (χ1v) is 7.09. The molecule has 0 bridgehead atoms. The van der Waals surface area contributed by atoms with Crippen LogP contribution in [0.1, 0.15) is 15.9 Å². The summed E-state index contributed by atoms with van der Waals surface area (Å²) < 4.78 is 6.09. The first-order valence-electron chi connectivity index (χ1n) is 6.30. The quantitative estimate of drug-likeness (QED) is 0.832. The molecule has 2 rings (SSSR count). The van der Waals surface area contributed by atoms with Gasteiger partial charge in [0.15, 0.2) is 12.9 Å². The number of rotatable bonds is 5. The van der Waals surface area contributed by atoms with E-state index in [0.717, 1.165) is 4.47 Å². The van der Waals surface area contributed by atoms with Gasteiger partial charge >= 0.3 is 0 Å². The summed E-state index contributed by atoms with van der Waals surface area (Å²) in [5, 5.41) is 11.4. The minimum atomic E-state index is -0.380. The summed E-state index contributed by atoms with van der Waals surface area (Å²) in [4.78, 5) is 22.8. The molecule has 0 fully saturated rings. The molecule has 0 aromatic heterocycles. The van der Waals surface area contributed by atoms with Crippen molar-refractivity contribution in [1.29, 1.82) is 5.26 Å². The van der Waals surface area contributed by atoms with Crippen molar-refractivity contribution in [3.63, 3.8) is 0 Å². The highest BCUT2D eigenvalue weighted by molar-refractivity contribution is 9.10. The maximum Gasteiger partial charge on any atom is 0.262 e. The number of hydrogen-bond acceptors (Lipinski definition) is 4. The van der Waals surface area contributed by atoms with Crippen LogP contribution in [0.5, 0.6) is 5.75 Å². The summed E-state index contributed by atoms with van der Waals surface area (Å²) in [5.74, 6) is -0.0472. The number of nitriles is 1. The molecule has 1 N–H and O–H groups in total. The van der Waals surface area contributed by atoms with Gasteiger partial charge in [-0.2, -0.15) is 5.26 Å². The second-order valence-corrected chi connectivity index (χ2v) is 5.25. The fraction of sp³-hybridized carbons (Fsp3) is 0.0625. The fourth-order valence-electron chi connectivity index (χ4n) is 1.75. The maximum absolute atomic E-state index is 11.8. The first kappa shape index (κ1) is 15.7. The number of benzene rings is 2. The molecule has 1 amide bonds. The van der Waals surface area contributed by atoms with Gasteiger partial charge < -0.3 is 10.1 Å². The molecule has 110 valence electrons. The van der Waals surface area contributed by atoms with E-state index in [-0.39, 0.29) is 12.5 Å². The van der Waals surface area contributed by atoms with Gasteiger partial charge in [0.2, 0.25) is 0 Å².